The highest BCUT2D eigenvalue weighted by Gasteiger charge is 2.21. The first-order valence-corrected chi connectivity index (χ1v) is 14.1. The van der Waals surface area contributed by atoms with Crippen molar-refractivity contribution in [2.24, 2.45) is 0 Å². The maximum atomic E-state index is 5.95. The van der Waals surface area contributed by atoms with Crippen molar-refractivity contribution in [2.45, 2.75) is 84.0 Å². The van der Waals surface area contributed by atoms with Crippen LogP contribution in [0.4, 0.5) is 0 Å². The van der Waals surface area contributed by atoms with E-state index in [0.717, 1.165) is 9.92 Å². The second-order valence-electron chi connectivity index (χ2n) is 9.05. The molecule has 34 heavy (non-hydrogen) atoms. The quantitative estimate of drug-likeness (QED) is 0.0740. The lowest BCUT2D eigenvalue weighted by molar-refractivity contribution is -0.925. The van der Waals surface area contributed by atoms with E-state index >= 15 is 0 Å². The summed E-state index contributed by atoms with van der Waals surface area (Å²) in [6.45, 7) is 14.4. The molecule has 0 aliphatic rings. The van der Waals surface area contributed by atoms with Crippen LogP contribution in [-0.2, 0) is 15.6 Å². The molecule has 0 N–H and O–H groups in total. The summed E-state index contributed by atoms with van der Waals surface area (Å²) < 4.78 is 5.99. The zero-order valence-corrected chi connectivity index (χ0v) is 23.7. The van der Waals surface area contributed by atoms with Crippen LogP contribution in [0.15, 0.2) is 53.4 Å². The van der Waals surface area contributed by atoms with Gasteiger partial charge < -0.3 is 4.48 Å². The smallest absolute Gasteiger partial charge is 0.0786 e. The fraction of sp³-hybridized carbons (Fsp3) is 0.586. The maximum Gasteiger partial charge on any atom is 0.0786 e. The minimum absolute atomic E-state index is 0.837. The predicted octanol–water partition coefficient (Wildman–Crippen LogP) is 9.07. The van der Waals surface area contributed by atoms with E-state index < -0.39 is 0 Å². The van der Waals surface area contributed by atoms with Gasteiger partial charge in [-0.3, -0.25) is 0 Å². The predicted molar refractivity (Wildman–Crippen MR) is 149 cm³/mol. The summed E-state index contributed by atoms with van der Waals surface area (Å²) in [5.74, 6) is 0. The molecule has 2 rings (SSSR count). The van der Waals surface area contributed by atoms with Crippen molar-refractivity contribution in [3.63, 3.8) is 0 Å². The van der Waals surface area contributed by atoms with E-state index in [1.807, 2.05) is 43.3 Å². The molecular formula is C29H47ClNO2S+. The van der Waals surface area contributed by atoms with Crippen LogP contribution < -0.4 is 0 Å². The summed E-state index contributed by atoms with van der Waals surface area (Å²) in [7, 11) is 1.49. The Bertz CT molecular complexity index is 733. The summed E-state index contributed by atoms with van der Waals surface area (Å²) in [4.78, 5) is 5.48. The Morgan fingerprint density at radius 3 is 1.91 bits per heavy atom. The Labute approximate surface area is 218 Å². The van der Waals surface area contributed by atoms with Crippen molar-refractivity contribution in [3.05, 3.63) is 64.7 Å². The van der Waals surface area contributed by atoms with E-state index in [4.69, 9.17) is 11.6 Å². The molecule has 0 aromatic heterocycles. The highest BCUT2D eigenvalue weighted by molar-refractivity contribution is 7.94. The molecule has 0 atom stereocenters. The molecule has 0 aliphatic carbocycles. The molecule has 0 radical (unpaired) electrons. The molecule has 3 nitrogen and oxygen atoms in total. The topological polar surface area (TPSA) is 18.5 Å². The second kappa shape index (κ2) is 19.2. The lowest BCUT2D eigenvalue weighted by Crippen LogP contribution is -2.49. The van der Waals surface area contributed by atoms with Gasteiger partial charge in [0, 0.05) is 9.92 Å². The van der Waals surface area contributed by atoms with Gasteiger partial charge in [0.25, 0.3) is 0 Å². The molecule has 2 aromatic carbocycles. The van der Waals surface area contributed by atoms with Crippen LogP contribution >= 0.6 is 23.6 Å². The van der Waals surface area contributed by atoms with Gasteiger partial charge >= 0.3 is 0 Å². The molecule has 0 spiro atoms. The van der Waals surface area contributed by atoms with Crippen molar-refractivity contribution in [1.29, 1.82) is 0 Å². The third-order valence-electron chi connectivity index (χ3n) is 6.56. The van der Waals surface area contributed by atoms with Gasteiger partial charge in [0.1, 0.15) is 0 Å². The van der Waals surface area contributed by atoms with Gasteiger partial charge in [0.15, 0.2) is 0 Å². The first kappa shape index (κ1) is 31.0. The second-order valence-corrected chi connectivity index (χ2v) is 10.3. The molecule has 0 unspecified atom stereocenters. The molecule has 0 bridgehead atoms. The molecular weight excluding hydrogens is 462 g/mol. The van der Waals surface area contributed by atoms with Crippen LogP contribution in [0, 0.1) is 6.92 Å². The molecule has 0 saturated heterocycles. The first-order valence-electron chi connectivity index (χ1n) is 13.0. The Balaban J connectivity index is 0.000000437. The monoisotopic (exact) mass is 508 g/mol. The van der Waals surface area contributed by atoms with Gasteiger partial charge in [-0.25, -0.2) is 4.89 Å². The molecule has 0 heterocycles. The number of benzene rings is 2. The molecule has 0 saturated carbocycles. The normalized spacial score (nSPS) is 11.2. The lowest BCUT2D eigenvalue weighted by Gasteiger charge is -2.37. The summed E-state index contributed by atoms with van der Waals surface area (Å²) in [5.41, 5.74) is 2.66. The van der Waals surface area contributed by atoms with Crippen molar-refractivity contribution in [1.82, 2.24) is 0 Å². The highest BCUT2D eigenvalue weighted by Crippen LogP contribution is 2.19. The standard InChI is InChI=1S/C21H37ClN.C8H10O2S/c1-4-7-8-9-11-18-23(5-2,6-3)19-12-10-13-20-14-16-21(22)17-15-20;1-7-3-5-8(6-4-7)11-10-9-2/h14-17H,4-13,18-19H2,1-3H3;3-6H,1-2H3/q+1;. The number of unbranched alkanes of at least 4 members (excludes halogenated alkanes) is 5. The number of hydrogen-bond acceptors (Lipinski definition) is 3. The summed E-state index contributed by atoms with van der Waals surface area (Å²) in [6, 6.07) is 16.4. The SMILES string of the molecule is CCCCCCC[N+](CC)(CC)CCCCc1ccc(Cl)cc1.COOSc1ccc(C)cc1. The van der Waals surface area contributed by atoms with Crippen molar-refractivity contribution in [3.8, 4) is 0 Å². The highest BCUT2D eigenvalue weighted by atomic mass is 35.5. The Kier molecular flexibility index (Phi) is 17.5. The van der Waals surface area contributed by atoms with Gasteiger partial charge in [-0.1, -0.05) is 67.6 Å². The fourth-order valence-corrected chi connectivity index (χ4v) is 4.63. The van der Waals surface area contributed by atoms with Crippen LogP contribution in [0.2, 0.25) is 5.02 Å². The van der Waals surface area contributed by atoms with Crippen molar-refractivity contribution in [2.75, 3.05) is 33.3 Å². The molecule has 0 aliphatic heterocycles. The summed E-state index contributed by atoms with van der Waals surface area (Å²) >= 11 is 7.15. The van der Waals surface area contributed by atoms with Gasteiger partial charge in [-0.05, 0) is 82.7 Å². The van der Waals surface area contributed by atoms with Crippen molar-refractivity contribution >= 4 is 23.6 Å². The minimum Gasteiger partial charge on any atom is -0.324 e. The Morgan fingerprint density at radius 2 is 1.35 bits per heavy atom. The van der Waals surface area contributed by atoms with Gasteiger partial charge in [0.05, 0.1) is 45.3 Å². The van der Waals surface area contributed by atoms with Crippen LogP contribution in [0.25, 0.3) is 0 Å². The number of quaternary nitrogens is 1. The van der Waals surface area contributed by atoms with Gasteiger partial charge in [-0.15, -0.1) is 0 Å². The Hall–Kier alpha value is -1.04. The van der Waals surface area contributed by atoms with Gasteiger partial charge in [-0.2, -0.15) is 4.33 Å². The van der Waals surface area contributed by atoms with E-state index in [1.165, 1.54) is 112 Å². The van der Waals surface area contributed by atoms with Gasteiger partial charge in [0.2, 0.25) is 0 Å². The van der Waals surface area contributed by atoms with E-state index in [1.54, 1.807) is 0 Å². The van der Waals surface area contributed by atoms with E-state index in [2.05, 4.69) is 42.1 Å². The van der Waals surface area contributed by atoms with Crippen LogP contribution in [-0.4, -0.2) is 37.8 Å². The largest absolute Gasteiger partial charge is 0.324 e. The third kappa shape index (κ3) is 13.7. The van der Waals surface area contributed by atoms with E-state index in [9.17, 15) is 0 Å². The van der Waals surface area contributed by atoms with Crippen LogP contribution in [0.5, 0.6) is 0 Å². The molecule has 0 fully saturated rings. The fourth-order valence-electron chi connectivity index (χ4n) is 4.11. The maximum absolute atomic E-state index is 5.95. The molecule has 0 amide bonds. The average molecular weight is 509 g/mol. The zero-order valence-electron chi connectivity index (χ0n) is 22.2. The molecule has 192 valence electrons. The lowest BCUT2D eigenvalue weighted by atomic mass is 10.1. The van der Waals surface area contributed by atoms with E-state index in [-0.39, 0.29) is 0 Å². The van der Waals surface area contributed by atoms with Crippen LogP contribution in [0.3, 0.4) is 0 Å². The number of halogens is 1. The number of hydrogen-bond donors (Lipinski definition) is 0. The Morgan fingerprint density at radius 1 is 0.765 bits per heavy atom. The summed E-state index contributed by atoms with van der Waals surface area (Å²) in [5, 5.41) is 0.837. The first-order chi connectivity index (χ1) is 16.5. The summed E-state index contributed by atoms with van der Waals surface area (Å²) in [6.07, 6.45) is 10.8. The van der Waals surface area contributed by atoms with Crippen LogP contribution in [0.1, 0.15) is 76.8 Å². The minimum atomic E-state index is 0.837. The number of rotatable bonds is 16. The van der Waals surface area contributed by atoms with E-state index in [0.29, 0.717) is 0 Å². The molecule has 5 heteroatoms. The zero-order chi connectivity index (χ0) is 25.1. The number of aryl methyl sites for hydroxylation is 2. The van der Waals surface area contributed by atoms with Crippen molar-refractivity contribution < 1.29 is 13.7 Å². The molecule has 2 aromatic rings. The third-order valence-corrected chi connectivity index (χ3v) is 7.48. The average Bonchev–Trinajstić information content (AvgIpc) is 2.86. The number of nitrogens with zero attached hydrogens (tertiary/aromatic N) is 1.